The van der Waals surface area contributed by atoms with Gasteiger partial charge in [0.15, 0.2) is 0 Å². The number of thiophene rings is 1. The van der Waals surface area contributed by atoms with E-state index in [0.29, 0.717) is 6.61 Å². The smallest absolute Gasteiger partial charge is 0.0664 e. The molecule has 0 aliphatic heterocycles. The summed E-state index contributed by atoms with van der Waals surface area (Å²) in [5, 5.41) is 14.5. The van der Waals surface area contributed by atoms with Crippen LogP contribution in [0, 0.1) is 0 Å². The lowest BCUT2D eigenvalue weighted by molar-refractivity contribution is 0.0724. The fraction of sp³-hybridized carbons (Fsp3) is 0.600. The van der Waals surface area contributed by atoms with Crippen molar-refractivity contribution in [2.45, 2.75) is 19.0 Å². The Bertz CT molecular complexity index is 251. The molecule has 0 saturated carbocycles. The highest BCUT2D eigenvalue weighted by molar-refractivity contribution is 7.09. The molecule has 3 nitrogen and oxygen atoms in total. The minimum Gasteiger partial charge on any atom is -0.394 e. The van der Waals surface area contributed by atoms with Gasteiger partial charge >= 0.3 is 0 Å². The maximum atomic E-state index is 9.21. The molecule has 1 atom stereocenters. The van der Waals surface area contributed by atoms with Crippen molar-refractivity contribution in [2.75, 3.05) is 20.3 Å². The maximum Gasteiger partial charge on any atom is 0.0664 e. The molecule has 80 valence electrons. The molecule has 14 heavy (non-hydrogen) atoms. The Balaban J connectivity index is 2.41. The van der Waals surface area contributed by atoms with Gasteiger partial charge in [-0.1, -0.05) is 6.07 Å². The number of methoxy groups -OCH3 is 1. The van der Waals surface area contributed by atoms with Crippen molar-refractivity contribution >= 4 is 11.3 Å². The molecule has 0 fully saturated rings. The molecular weight excluding hydrogens is 198 g/mol. The molecule has 0 spiro atoms. The van der Waals surface area contributed by atoms with E-state index in [1.54, 1.807) is 18.4 Å². The zero-order valence-corrected chi connectivity index (χ0v) is 9.43. The zero-order valence-electron chi connectivity index (χ0n) is 8.62. The number of hydrogen-bond acceptors (Lipinski definition) is 4. The standard InChI is InChI=1S/C10H17NO2S/c1-10(7-12,8-13-2)11-6-9-4-3-5-14-9/h3-5,11-12H,6-8H2,1-2H3. The fourth-order valence-corrected chi connectivity index (χ4v) is 1.83. The predicted molar refractivity (Wildman–Crippen MR) is 58.5 cm³/mol. The molecular formula is C10H17NO2S. The molecule has 0 aromatic carbocycles. The van der Waals surface area contributed by atoms with Crippen molar-refractivity contribution in [3.63, 3.8) is 0 Å². The van der Waals surface area contributed by atoms with Gasteiger partial charge in [-0.2, -0.15) is 0 Å². The number of nitrogens with one attached hydrogen (secondary N) is 1. The minimum atomic E-state index is -0.348. The second-order valence-electron chi connectivity index (χ2n) is 3.58. The van der Waals surface area contributed by atoms with Crippen LogP contribution in [0.1, 0.15) is 11.8 Å². The molecule has 2 N–H and O–H groups in total. The summed E-state index contributed by atoms with van der Waals surface area (Å²) in [6, 6.07) is 4.09. The first kappa shape index (κ1) is 11.7. The van der Waals surface area contributed by atoms with Crippen LogP contribution in [-0.4, -0.2) is 31.0 Å². The topological polar surface area (TPSA) is 41.5 Å². The van der Waals surface area contributed by atoms with Crippen LogP contribution in [0.4, 0.5) is 0 Å². The number of rotatable bonds is 6. The SMILES string of the molecule is COCC(C)(CO)NCc1cccs1. The largest absolute Gasteiger partial charge is 0.394 e. The predicted octanol–water partition coefficient (Wildman–Crippen LogP) is 1.24. The van der Waals surface area contributed by atoms with E-state index in [-0.39, 0.29) is 12.1 Å². The Morgan fingerprint density at radius 3 is 2.93 bits per heavy atom. The summed E-state index contributed by atoms with van der Waals surface area (Å²) in [7, 11) is 1.64. The summed E-state index contributed by atoms with van der Waals surface area (Å²) < 4.78 is 5.05. The highest BCUT2D eigenvalue weighted by atomic mass is 32.1. The van der Waals surface area contributed by atoms with Crippen LogP contribution in [0.2, 0.25) is 0 Å². The number of ether oxygens (including phenoxy) is 1. The first-order valence-corrected chi connectivity index (χ1v) is 5.45. The number of hydrogen-bond donors (Lipinski definition) is 2. The van der Waals surface area contributed by atoms with Crippen molar-refractivity contribution < 1.29 is 9.84 Å². The van der Waals surface area contributed by atoms with Crippen LogP contribution in [0.25, 0.3) is 0 Å². The quantitative estimate of drug-likeness (QED) is 0.750. The lowest BCUT2D eigenvalue weighted by Gasteiger charge is -2.27. The average Bonchev–Trinajstić information content (AvgIpc) is 2.68. The van der Waals surface area contributed by atoms with Crippen molar-refractivity contribution in [1.29, 1.82) is 0 Å². The Labute approximate surface area is 88.7 Å². The van der Waals surface area contributed by atoms with E-state index in [2.05, 4.69) is 11.4 Å². The summed E-state index contributed by atoms with van der Waals surface area (Å²) in [5.74, 6) is 0. The fourth-order valence-electron chi connectivity index (χ4n) is 1.18. The van der Waals surface area contributed by atoms with E-state index in [4.69, 9.17) is 4.74 Å². The van der Waals surface area contributed by atoms with Crippen molar-refractivity contribution in [2.24, 2.45) is 0 Å². The van der Waals surface area contributed by atoms with Gasteiger partial charge in [0.05, 0.1) is 18.8 Å². The maximum absolute atomic E-state index is 9.21. The van der Waals surface area contributed by atoms with Crippen LogP contribution in [0.5, 0.6) is 0 Å². The Hall–Kier alpha value is -0.420. The molecule has 1 aromatic heterocycles. The van der Waals surface area contributed by atoms with Gasteiger partial charge in [0, 0.05) is 18.5 Å². The van der Waals surface area contributed by atoms with E-state index >= 15 is 0 Å². The molecule has 1 aromatic rings. The summed E-state index contributed by atoms with van der Waals surface area (Å²) in [6.45, 7) is 3.31. The van der Waals surface area contributed by atoms with Crippen LogP contribution < -0.4 is 5.32 Å². The molecule has 0 bridgehead atoms. The molecule has 1 unspecified atom stereocenters. The monoisotopic (exact) mass is 215 g/mol. The van der Waals surface area contributed by atoms with Gasteiger partial charge in [-0.15, -0.1) is 11.3 Å². The van der Waals surface area contributed by atoms with Gasteiger partial charge < -0.3 is 15.2 Å². The molecule has 0 aliphatic carbocycles. The summed E-state index contributed by atoms with van der Waals surface area (Å²) in [4.78, 5) is 1.26. The highest BCUT2D eigenvalue weighted by Gasteiger charge is 2.22. The molecule has 0 saturated heterocycles. The highest BCUT2D eigenvalue weighted by Crippen LogP contribution is 2.10. The average molecular weight is 215 g/mol. The number of aliphatic hydroxyl groups excluding tert-OH is 1. The molecule has 0 radical (unpaired) electrons. The van der Waals surface area contributed by atoms with Crippen LogP contribution in [0.3, 0.4) is 0 Å². The van der Waals surface area contributed by atoms with Gasteiger partial charge in [-0.25, -0.2) is 0 Å². The summed E-state index contributed by atoms with van der Waals surface area (Å²) in [6.07, 6.45) is 0. The van der Waals surface area contributed by atoms with Gasteiger partial charge in [0.25, 0.3) is 0 Å². The third-order valence-corrected chi connectivity index (χ3v) is 2.96. The van der Waals surface area contributed by atoms with E-state index in [1.165, 1.54) is 4.88 Å². The third kappa shape index (κ3) is 3.38. The first-order valence-electron chi connectivity index (χ1n) is 4.57. The summed E-state index contributed by atoms with van der Waals surface area (Å²) >= 11 is 1.71. The van der Waals surface area contributed by atoms with E-state index in [1.807, 2.05) is 18.4 Å². The first-order chi connectivity index (χ1) is 6.70. The van der Waals surface area contributed by atoms with Gasteiger partial charge in [0.1, 0.15) is 0 Å². The van der Waals surface area contributed by atoms with Crippen LogP contribution in [-0.2, 0) is 11.3 Å². The number of aliphatic hydroxyl groups is 1. The third-order valence-electron chi connectivity index (χ3n) is 2.08. The molecule has 1 rings (SSSR count). The minimum absolute atomic E-state index is 0.0756. The lowest BCUT2D eigenvalue weighted by atomic mass is 10.1. The molecule has 4 heteroatoms. The van der Waals surface area contributed by atoms with Gasteiger partial charge in [0.2, 0.25) is 0 Å². The lowest BCUT2D eigenvalue weighted by Crippen LogP contribution is -2.48. The molecule has 0 amide bonds. The normalized spacial score (nSPS) is 15.4. The summed E-state index contributed by atoms with van der Waals surface area (Å²) in [5.41, 5.74) is -0.348. The van der Waals surface area contributed by atoms with Crippen molar-refractivity contribution in [1.82, 2.24) is 5.32 Å². The van der Waals surface area contributed by atoms with Gasteiger partial charge in [-0.3, -0.25) is 0 Å². The zero-order chi connectivity index (χ0) is 10.4. The van der Waals surface area contributed by atoms with Crippen LogP contribution in [0.15, 0.2) is 17.5 Å². The second-order valence-corrected chi connectivity index (χ2v) is 4.62. The van der Waals surface area contributed by atoms with E-state index in [0.717, 1.165) is 6.54 Å². The van der Waals surface area contributed by atoms with Gasteiger partial charge in [-0.05, 0) is 18.4 Å². The van der Waals surface area contributed by atoms with Crippen molar-refractivity contribution in [3.8, 4) is 0 Å². The Morgan fingerprint density at radius 1 is 1.64 bits per heavy atom. The molecule has 1 heterocycles. The van der Waals surface area contributed by atoms with Crippen LogP contribution >= 0.6 is 11.3 Å². The Morgan fingerprint density at radius 2 is 2.43 bits per heavy atom. The second kappa shape index (κ2) is 5.46. The van der Waals surface area contributed by atoms with E-state index in [9.17, 15) is 5.11 Å². The van der Waals surface area contributed by atoms with Crippen molar-refractivity contribution in [3.05, 3.63) is 22.4 Å². The Kier molecular flexibility index (Phi) is 4.54. The van der Waals surface area contributed by atoms with E-state index < -0.39 is 0 Å². The molecule has 0 aliphatic rings.